The maximum absolute atomic E-state index is 12.5. The van der Waals surface area contributed by atoms with Crippen molar-refractivity contribution in [3.8, 4) is 0 Å². The van der Waals surface area contributed by atoms with E-state index in [0.29, 0.717) is 30.0 Å². The second-order valence-electron chi connectivity index (χ2n) is 7.62. The van der Waals surface area contributed by atoms with Crippen LogP contribution in [0.5, 0.6) is 0 Å². The van der Waals surface area contributed by atoms with Gasteiger partial charge in [-0.15, -0.1) is 0 Å². The Labute approximate surface area is 153 Å². The van der Waals surface area contributed by atoms with Gasteiger partial charge in [0.05, 0.1) is 11.7 Å². The summed E-state index contributed by atoms with van der Waals surface area (Å²) < 4.78 is 7.44. The zero-order valence-corrected chi connectivity index (χ0v) is 15.5. The Hall–Kier alpha value is -2.15. The first-order chi connectivity index (χ1) is 12.6. The van der Waals surface area contributed by atoms with E-state index in [0.717, 1.165) is 32.2 Å². The van der Waals surface area contributed by atoms with Gasteiger partial charge in [-0.05, 0) is 51.3 Å². The molecule has 2 aromatic heterocycles. The van der Waals surface area contributed by atoms with Crippen LogP contribution in [0.4, 0.5) is 0 Å². The largest absolute Gasteiger partial charge is 0.448 e. The average molecular weight is 357 g/mol. The molecular weight excluding hydrogens is 330 g/mol. The number of rotatable bonds is 5. The van der Waals surface area contributed by atoms with Crippen molar-refractivity contribution in [1.82, 2.24) is 25.0 Å². The van der Waals surface area contributed by atoms with Gasteiger partial charge >= 0.3 is 0 Å². The summed E-state index contributed by atoms with van der Waals surface area (Å²) in [6, 6.07) is 2.34. The number of amides is 1. The molecule has 0 radical (unpaired) electrons. The summed E-state index contributed by atoms with van der Waals surface area (Å²) in [5.41, 5.74) is 1.59. The molecule has 26 heavy (non-hydrogen) atoms. The molecule has 0 unspecified atom stereocenters. The molecule has 7 heteroatoms. The van der Waals surface area contributed by atoms with Gasteiger partial charge in [0.25, 0.3) is 5.91 Å². The lowest BCUT2D eigenvalue weighted by Crippen LogP contribution is -2.42. The Bertz CT molecular complexity index is 764. The molecule has 3 heterocycles. The van der Waals surface area contributed by atoms with Crippen molar-refractivity contribution in [2.45, 2.75) is 44.1 Å². The third kappa shape index (κ3) is 3.28. The molecular formula is C19H27N5O2. The monoisotopic (exact) mass is 357 g/mol. The van der Waals surface area contributed by atoms with Crippen molar-refractivity contribution in [3.05, 3.63) is 35.8 Å². The lowest BCUT2D eigenvalue weighted by Gasteiger charge is -2.39. The van der Waals surface area contributed by atoms with Gasteiger partial charge in [-0.3, -0.25) is 14.4 Å². The van der Waals surface area contributed by atoms with Gasteiger partial charge < -0.3 is 9.73 Å². The van der Waals surface area contributed by atoms with Crippen molar-refractivity contribution in [3.63, 3.8) is 0 Å². The van der Waals surface area contributed by atoms with Gasteiger partial charge in [-0.2, -0.15) is 5.10 Å². The first-order valence-corrected chi connectivity index (χ1v) is 9.55. The maximum atomic E-state index is 12.5. The predicted octanol–water partition coefficient (Wildman–Crippen LogP) is 2.49. The highest BCUT2D eigenvalue weighted by molar-refractivity contribution is 5.91. The van der Waals surface area contributed by atoms with E-state index >= 15 is 0 Å². The molecule has 2 atom stereocenters. The second-order valence-corrected chi connectivity index (χ2v) is 7.62. The summed E-state index contributed by atoms with van der Waals surface area (Å²) in [4.78, 5) is 19.3. The zero-order valence-electron chi connectivity index (χ0n) is 15.5. The van der Waals surface area contributed by atoms with Crippen molar-refractivity contribution in [1.29, 1.82) is 0 Å². The van der Waals surface area contributed by atoms with E-state index in [4.69, 9.17) is 4.42 Å². The Kier molecular flexibility index (Phi) is 4.80. The third-order valence-corrected chi connectivity index (χ3v) is 5.90. The number of aromatic nitrogens is 3. The Morgan fingerprint density at radius 1 is 1.31 bits per heavy atom. The molecule has 1 aliphatic heterocycles. The summed E-state index contributed by atoms with van der Waals surface area (Å²) in [5, 5.41) is 7.39. The van der Waals surface area contributed by atoms with Crippen LogP contribution in [0.2, 0.25) is 0 Å². The number of aryl methyl sites for hydroxylation is 1. The van der Waals surface area contributed by atoms with Gasteiger partial charge in [0.1, 0.15) is 6.26 Å². The van der Waals surface area contributed by atoms with Gasteiger partial charge in [-0.1, -0.05) is 6.42 Å². The first kappa shape index (κ1) is 17.3. The van der Waals surface area contributed by atoms with Crippen molar-refractivity contribution in [2.24, 2.45) is 13.0 Å². The van der Waals surface area contributed by atoms with Crippen LogP contribution in [0.3, 0.4) is 0 Å². The smallest absolute Gasteiger partial charge is 0.273 e. The molecule has 2 aromatic rings. The van der Waals surface area contributed by atoms with E-state index in [1.54, 1.807) is 0 Å². The normalized spacial score (nSPS) is 24.4. The van der Waals surface area contributed by atoms with E-state index in [2.05, 4.69) is 33.4 Å². The van der Waals surface area contributed by atoms with Crippen LogP contribution in [-0.2, 0) is 7.05 Å². The molecule has 2 fully saturated rings. The summed E-state index contributed by atoms with van der Waals surface area (Å²) in [5.74, 6) is 1.33. The minimum absolute atomic E-state index is 0.142. The fourth-order valence-corrected chi connectivity index (χ4v) is 4.16. The second kappa shape index (κ2) is 7.23. The van der Waals surface area contributed by atoms with Crippen LogP contribution in [0.1, 0.15) is 66.1 Å². The van der Waals surface area contributed by atoms with E-state index < -0.39 is 0 Å². The van der Waals surface area contributed by atoms with Crippen LogP contribution in [0.25, 0.3) is 0 Å². The molecule has 7 nitrogen and oxygen atoms in total. The standard InChI is InChI=1S/C19H27N5O2/c1-23-10-4-7-14(17(23)16-8-9-21-24(16)2)11-20-18(25)15-12-26-19(22-15)13-5-3-6-13/h8-9,12-14,17H,3-7,10-11H2,1-2H3,(H,20,25)/t14-,17+/m0/s1. The summed E-state index contributed by atoms with van der Waals surface area (Å²) in [7, 11) is 4.12. The van der Waals surface area contributed by atoms with Crippen LogP contribution >= 0.6 is 0 Å². The summed E-state index contributed by atoms with van der Waals surface area (Å²) in [6.45, 7) is 1.69. The SMILES string of the molecule is CN1CCC[C@@H](CNC(=O)c2coc(C3CCC3)n2)[C@@H]1c1ccnn1C. The molecule has 0 spiro atoms. The number of nitrogens with one attached hydrogen (secondary N) is 1. The minimum Gasteiger partial charge on any atom is -0.448 e. The van der Waals surface area contributed by atoms with Gasteiger partial charge in [0.15, 0.2) is 11.6 Å². The highest BCUT2D eigenvalue weighted by Crippen LogP contribution is 2.36. The molecule has 0 aromatic carbocycles. The number of carbonyl (C=O) groups is 1. The van der Waals surface area contributed by atoms with Crippen molar-refractivity contribution in [2.75, 3.05) is 20.1 Å². The van der Waals surface area contributed by atoms with Gasteiger partial charge in [-0.25, -0.2) is 4.98 Å². The minimum atomic E-state index is -0.142. The highest BCUT2D eigenvalue weighted by atomic mass is 16.3. The predicted molar refractivity (Wildman–Crippen MR) is 96.7 cm³/mol. The Balaban J connectivity index is 1.41. The number of hydrogen-bond acceptors (Lipinski definition) is 5. The average Bonchev–Trinajstić information content (AvgIpc) is 3.21. The van der Waals surface area contributed by atoms with Crippen molar-refractivity contribution < 1.29 is 9.21 Å². The van der Waals surface area contributed by atoms with Gasteiger partial charge in [0, 0.05) is 25.7 Å². The number of carbonyl (C=O) groups excluding carboxylic acids is 1. The lowest BCUT2D eigenvalue weighted by atomic mass is 9.85. The Morgan fingerprint density at radius 2 is 2.15 bits per heavy atom. The highest BCUT2D eigenvalue weighted by Gasteiger charge is 2.33. The fraction of sp³-hybridized carbons (Fsp3) is 0.632. The number of nitrogens with zero attached hydrogens (tertiary/aromatic N) is 4. The van der Waals surface area contributed by atoms with E-state index in [-0.39, 0.29) is 11.9 Å². The molecule has 1 amide bonds. The lowest BCUT2D eigenvalue weighted by molar-refractivity contribution is 0.0876. The molecule has 2 aliphatic rings. The topological polar surface area (TPSA) is 76.2 Å². The van der Waals surface area contributed by atoms with Gasteiger partial charge in [0.2, 0.25) is 0 Å². The maximum Gasteiger partial charge on any atom is 0.273 e. The van der Waals surface area contributed by atoms with Crippen molar-refractivity contribution >= 4 is 5.91 Å². The number of piperidine rings is 1. The molecule has 4 rings (SSSR count). The van der Waals surface area contributed by atoms with E-state index in [1.165, 1.54) is 18.4 Å². The molecule has 140 valence electrons. The molecule has 1 saturated heterocycles. The van der Waals surface area contributed by atoms with E-state index in [9.17, 15) is 4.79 Å². The zero-order chi connectivity index (χ0) is 18.1. The summed E-state index contributed by atoms with van der Waals surface area (Å²) in [6.07, 6.45) is 9.01. The molecule has 1 N–H and O–H groups in total. The molecule has 0 bridgehead atoms. The fourth-order valence-electron chi connectivity index (χ4n) is 4.16. The Morgan fingerprint density at radius 3 is 2.85 bits per heavy atom. The van der Waals surface area contributed by atoms with Crippen LogP contribution < -0.4 is 5.32 Å². The quantitative estimate of drug-likeness (QED) is 0.890. The van der Waals surface area contributed by atoms with Crippen LogP contribution in [0, 0.1) is 5.92 Å². The molecule has 1 aliphatic carbocycles. The number of likely N-dealkylation sites (tertiary alicyclic amines) is 1. The molecule has 1 saturated carbocycles. The third-order valence-electron chi connectivity index (χ3n) is 5.90. The summed E-state index contributed by atoms with van der Waals surface area (Å²) >= 11 is 0. The number of oxazole rings is 1. The number of hydrogen-bond donors (Lipinski definition) is 1. The first-order valence-electron chi connectivity index (χ1n) is 9.55. The van der Waals surface area contributed by atoms with Crippen LogP contribution in [0.15, 0.2) is 22.9 Å². The van der Waals surface area contributed by atoms with Crippen LogP contribution in [-0.4, -0.2) is 45.7 Å². The van der Waals surface area contributed by atoms with E-state index in [1.807, 2.05) is 17.9 Å².